The van der Waals surface area contributed by atoms with Gasteiger partial charge in [0.25, 0.3) is 0 Å². The van der Waals surface area contributed by atoms with E-state index in [0.717, 1.165) is 13.1 Å². The molecule has 0 spiro atoms. The molecule has 138 valence electrons. The highest BCUT2D eigenvalue weighted by Crippen LogP contribution is 2.59. The molecular formula is C23H27Br2N. The van der Waals surface area contributed by atoms with Gasteiger partial charge in [-0.05, 0) is 74.4 Å². The third-order valence-electron chi connectivity index (χ3n) is 5.78. The molecule has 1 nitrogen and oxygen atoms in total. The molecule has 0 aromatic heterocycles. The van der Waals surface area contributed by atoms with Crippen molar-refractivity contribution in [2.75, 3.05) is 13.6 Å². The first-order valence-electron chi connectivity index (χ1n) is 9.73. The molecule has 0 atom stereocenters. The molecule has 26 heavy (non-hydrogen) atoms. The fourth-order valence-corrected chi connectivity index (χ4v) is 5.09. The van der Waals surface area contributed by atoms with Gasteiger partial charge in [0.1, 0.15) is 0 Å². The first-order valence-corrected chi connectivity index (χ1v) is 11.3. The molecule has 0 unspecified atom stereocenters. The molecule has 3 heteroatoms. The zero-order valence-corrected chi connectivity index (χ0v) is 18.7. The largest absolute Gasteiger partial charge is 0.302 e. The molecule has 0 heterocycles. The fraction of sp³-hybridized carbons (Fsp3) is 0.478. The summed E-state index contributed by atoms with van der Waals surface area (Å²) in [5, 5.41) is 0. The summed E-state index contributed by atoms with van der Waals surface area (Å²) in [6, 6.07) is 17.7. The van der Waals surface area contributed by atoms with Crippen LogP contribution in [0.1, 0.15) is 54.4 Å². The Bertz CT molecular complexity index is 727. The summed E-state index contributed by atoms with van der Waals surface area (Å²) in [4.78, 5) is 2.44. The number of hydrogen-bond acceptors (Lipinski definition) is 1. The number of benzene rings is 2. The highest BCUT2D eigenvalue weighted by Gasteiger charge is 2.47. The lowest BCUT2D eigenvalue weighted by molar-refractivity contribution is 0.322. The zero-order chi connectivity index (χ0) is 18.2. The molecule has 2 aliphatic rings. The third-order valence-corrected chi connectivity index (χ3v) is 8.22. The predicted molar refractivity (Wildman–Crippen MR) is 117 cm³/mol. The number of rotatable bonds is 8. The van der Waals surface area contributed by atoms with E-state index < -0.39 is 0 Å². The Kier molecular flexibility index (Phi) is 5.33. The van der Waals surface area contributed by atoms with Gasteiger partial charge < -0.3 is 4.90 Å². The van der Waals surface area contributed by atoms with E-state index in [4.69, 9.17) is 0 Å². The summed E-state index contributed by atoms with van der Waals surface area (Å²) in [5.41, 5.74) is 6.09. The molecule has 0 aliphatic heterocycles. The van der Waals surface area contributed by atoms with E-state index in [0.29, 0.717) is 0 Å². The fourth-order valence-electron chi connectivity index (χ4n) is 3.95. The van der Waals surface area contributed by atoms with E-state index in [-0.39, 0.29) is 8.65 Å². The summed E-state index contributed by atoms with van der Waals surface area (Å²) < 4.78 is 0.513. The van der Waals surface area contributed by atoms with E-state index in [1.807, 2.05) is 0 Å². The van der Waals surface area contributed by atoms with Crippen molar-refractivity contribution in [2.24, 2.45) is 0 Å². The van der Waals surface area contributed by atoms with Gasteiger partial charge in [-0.2, -0.15) is 0 Å². The van der Waals surface area contributed by atoms with Crippen LogP contribution < -0.4 is 0 Å². The van der Waals surface area contributed by atoms with Crippen molar-refractivity contribution < 1.29 is 0 Å². The maximum atomic E-state index is 4.01. The Morgan fingerprint density at radius 3 is 1.96 bits per heavy atom. The lowest BCUT2D eigenvalue weighted by Gasteiger charge is -2.22. The molecule has 2 aromatic carbocycles. The highest BCUT2D eigenvalue weighted by molar-refractivity contribution is 9.10. The van der Waals surface area contributed by atoms with Crippen LogP contribution in [0.5, 0.6) is 0 Å². The lowest BCUT2D eigenvalue weighted by Crippen LogP contribution is -2.20. The second kappa shape index (κ2) is 7.41. The van der Waals surface area contributed by atoms with Crippen molar-refractivity contribution in [1.82, 2.24) is 4.90 Å². The minimum absolute atomic E-state index is 0.256. The Morgan fingerprint density at radius 1 is 0.846 bits per heavy atom. The molecule has 2 fully saturated rings. The van der Waals surface area contributed by atoms with Crippen molar-refractivity contribution in [3.05, 3.63) is 70.8 Å². The normalized spacial score (nSPS) is 19.5. The smallest absolute Gasteiger partial charge is 0.0510 e. The Morgan fingerprint density at radius 2 is 1.42 bits per heavy atom. The molecule has 2 aliphatic carbocycles. The van der Waals surface area contributed by atoms with Crippen molar-refractivity contribution >= 4 is 31.9 Å². The van der Waals surface area contributed by atoms with Crippen molar-refractivity contribution in [2.45, 2.75) is 53.7 Å². The van der Waals surface area contributed by atoms with Gasteiger partial charge in [-0.3, -0.25) is 0 Å². The molecule has 4 rings (SSSR count). The Balaban J connectivity index is 1.44. The number of nitrogens with zero attached hydrogens (tertiary/aromatic N) is 1. The van der Waals surface area contributed by atoms with Crippen molar-refractivity contribution in [3.8, 4) is 0 Å². The first-order chi connectivity index (χ1) is 12.5. The summed E-state index contributed by atoms with van der Waals surface area (Å²) in [5.74, 6) is 0. The Labute approximate surface area is 174 Å². The van der Waals surface area contributed by atoms with Crippen LogP contribution in [0, 0.1) is 0 Å². The van der Waals surface area contributed by atoms with Crippen LogP contribution >= 0.6 is 31.9 Å². The number of alkyl halides is 2. The van der Waals surface area contributed by atoms with Gasteiger partial charge in [-0.25, -0.2) is 0 Å². The maximum absolute atomic E-state index is 4.01. The molecule has 0 N–H and O–H groups in total. The molecule has 0 amide bonds. The monoisotopic (exact) mass is 475 g/mol. The minimum atomic E-state index is 0.256. The number of halogens is 2. The molecule has 0 bridgehead atoms. The van der Waals surface area contributed by atoms with Gasteiger partial charge in [0.05, 0.1) is 8.65 Å². The van der Waals surface area contributed by atoms with Crippen LogP contribution in [-0.4, -0.2) is 18.5 Å². The first kappa shape index (κ1) is 18.7. The average Bonchev–Trinajstić information content (AvgIpc) is 3.55. The van der Waals surface area contributed by atoms with Crippen LogP contribution in [-0.2, 0) is 21.6 Å². The van der Waals surface area contributed by atoms with Gasteiger partial charge in [0.15, 0.2) is 0 Å². The number of hydrogen-bond donors (Lipinski definition) is 0. The summed E-state index contributed by atoms with van der Waals surface area (Å²) >= 11 is 8.02. The van der Waals surface area contributed by atoms with Gasteiger partial charge in [-0.15, -0.1) is 0 Å². The van der Waals surface area contributed by atoms with Gasteiger partial charge >= 0.3 is 0 Å². The van der Waals surface area contributed by atoms with E-state index in [1.165, 1.54) is 44.1 Å². The van der Waals surface area contributed by atoms with Crippen LogP contribution in [0.2, 0.25) is 0 Å². The second-order valence-corrected chi connectivity index (χ2v) is 11.1. The SMILES string of the molecule is CN(CCCc1c(C2(Br)CC2)cccc1C1(Br)CC1)Cc1ccccc1. The third kappa shape index (κ3) is 4.10. The van der Waals surface area contributed by atoms with Gasteiger partial charge in [0.2, 0.25) is 0 Å². The summed E-state index contributed by atoms with van der Waals surface area (Å²) in [6.45, 7) is 2.16. The van der Waals surface area contributed by atoms with E-state index >= 15 is 0 Å². The predicted octanol–water partition coefficient (Wildman–Crippen LogP) is 6.52. The summed E-state index contributed by atoms with van der Waals surface area (Å²) in [7, 11) is 2.24. The van der Waals surface area contributed by atoms with E-state index in [9.17, 15) is 0 Å². The van der Waals surface area contributed by atoms with Crippen LogP contribution in [0.25, 0.3) is 0 Å². The van der Waals surface area contributed by atoms with Crippen LogP contribution in [0.15, 0.2) is 48.5 Å². The maximum Gasteiger partial charge on any atom is 0.0510 e. The van der Waals surface area contributed by atoms with Gasteiger partial charge in [0, 0.05) is 6.54 Å². The molecule has 0 saturated heterocycles. The van der Waals surface area contributed by atoms with Crippen LogP contribution in [0.3, 0.4) is 0 Å². The van der Waals surface area contributed by atoms with E-state index in [2.05, 4.69) is 92.3 Å². The Hall–Kier alpha value is -0.640. The van der Waals surface area contributed by atoms with Crippen LogP contribution in [0.4, 0.5) is 0 Å². The van der Waals surface area contributed by atoms with Gasteiger partial charge in [-0.1, -0.05) is 80.4 Å². The standard InChI is InChI=1S/C23H27Br2N/c1-26(17-18-7-3-2-4-8-18)16-6-9-19-20(22(24)12-13-22)10-5-11-21(19)23(25)14-15-23/h2-5,7-8,10-11H,6,9,12-17H2,1H3. The van der Waals surface area contributed by atoms with Crippen molar-refractivity contribution in [3.63, 3.8) is 0 Å². The minimum Gasteiger partial charge on any atom is -0.302 e. The zero-order valence-electron chi connectivity index (χ0n) is 15.5. The highest BCUT2D eigenvalue weighted by atomic mass is 79.9. The quantitative estimate of drug-likeness (QED) is 0.392. The summed E-state index contributed by atoms with van der Waals surface area (Å²) in [6.07, 6.45) is 7.46. The average molecular weight is 477 g/mol. The molecule has 2 aromatic rings. The molecule has 2 saturated carbocycles. The van der Waals surface area contributed by atoms with Crippen molar-refractivity contribution in [1.29, 1.82) is 0 Å². The topological polar surface area (TPSA) is 3.24 Å². The van der Waals surface area contributed by atoms with E-state index in [1.54, 1.807) is 16.7 Å². The lowest BCUT2D eigenvalue weighted by atomic mass is 9.91. The second-order valence-electron chi connectivity index (χ2n) is 8.09. The molecular weight excluding hydrogens is 450 g/mol. The molecule has 0 radical (unpaired) electrons.